The summed E-state index contributed by atoms with van der Waals surface area (Å²) in [6.07, 6.45) is 2.43. The molecular weight excluding hydrogens is 584 g/mol. The van der Waals surface area contributed by atoms with Crippen molar-refractivity contribution in [2.45, 2.75) is 72.3 Å². The average Bonchev–Trinajstić information content (AvgIpc) is 2.90. The molecule has 3 amide bonds. The topological polar surface area (TPSA) is 211 Å². The van der Waals surface area contributed by atoms with E-state index in [0.29, 0.717) is 31.2 Å². The van der Waals surface area contributed by atoms with Crippen molar-refractivity contribution in [1.29, 1.82) is 0 Å². The summed E-state index contributed by atoms with van der Waals surface area (Å²) in [6.45, 7) is 11.0. The zero-order valence-electron chi connectivity index (χ0n) is 25.9. The Morgan fingerprint density at radius 1 is 1.02 bits per heavy atom. The van der Waals surface area contributed by atoms with E-state index in [2.05, 4.69) is 37.6 Å². The number of carbonyl (C=O) groups excluding carboxylic acids is 5. The fraction of sp³-hybridized carbons (Fsp3) is 0.741. The first-order valence-corrected chi connectivity index (χ1v) is 15.6. The number of aliphatic imine (C=N–C) groups is 1. The summed E-state index contributed by atoms with van der Waals surface area (Å²) in [6, 6.07) is -0.742. The van der Waals surface area contributed by atoms with Crippen LogP contribution in [0, 0.1) is 10.8 Å². The Morgan fingerprint density at radius 3 is 2.30 bits per heavy atom. The van der Waals surface area contributed by atoms with Crippen molar-refractivity contribution in [3.63, 3.8) is 0 Å². The molecule has 15 nitrogen and oxygen atoms in total. The Kier molecular flexibility index (Phi) is 19.1. The number of hydrazone groups is 1. The smallest absolute Gasteiger partial charge is 0.246 e. The molecule has 246 valence electrons. The van der Waals surface area contributed by atoms with Gasteiger partial charge in [0.2, 0.25) is 27.7 Å². The molecular formula is C27H48N6O9S. The third-order valence-electron chi connectivity index (χ3n) is 6.00. The van der Waals surface area contributed by atoms with Crippen molar-refractivity contribution in [2.75, 3.05) is 45.8 Å². The minimum atomic E-state index is -3.95. The van der Waals surface area contributed by atoms with Gasteiger partial charge >= 0.3 is 0 Å². The normalized spacial score (nSPS) is 13.0. The second-order valence-corrected chi connectivity index (χ2v) is 13.1. The van der Waals surface area contributed by atoms with Crippen molar-refractivity contribution in [2.24, 2.45) is 20.9 Å². The van der Waals surface area contributed by atoms with Crippen molar-refractivity contribution < 1.29 is 41.9 Å². The highest BCUT2D eigenvalue weighted by atomic mass is 32.2. The highest BCUT2D eigenvalue weighted by Crippen LogP contribution is 2.36. The second-order valence-electron chi connectivity index (χ2n) is 11.3. The Balaban J connectivity index is 4.25. The monoisotopic (exact) mass is 632 g/mol. The molecule has 43 heavy (non-hydrogen) atoms. The lowest BCUT2D eigenvalue weighted by molar-refractivity contribution is -0.129. The molecule has 0 aliphatic carbocycles. The first-order chi connectivity index (χ1) is 20.1. The van der Waals surface area contributed by atoms with Crippen LogP contribution in [-0.4, -0.2) is 103 Å². The fourth-order valence-corrected chi connectivity index (χ4v) is 5.40. The maximum atomic E-state index is 12.8. The van der Waals surface area contributed by atoms with Crippen molar-refractivity contribution >= 4 is 52.9 Å². The van der Waals surface area contributed by atoms with E-state index in [1.807, 2.05) is 13.8 Å². The molecule has 0 radical (unpaired) electrons. The largest absolute Gasteiger partial charge is 0.377 e. The van der Waals surface area contributed by atoms with Gasteiger partial charge in [-0.05, 0) is 24.7 Å². The molecule has 0 rings (SSSR count). The van der Waals surface area contributed by atoms with Gasteiger partial charge in [0.25, 0.3) is 0 Å². The van der Waals surface area contributed by atoms with Gasteiger partial charge in [-0.3, -0.25) is 29.5 Å². The standard InChI is InChI=1S/C27H48N6O9S/c1-26(2,17-22(28-5)32-29-6)20-27(3,4)25(38)33-43(39,40)16-8-10-23(36)30-11-13-41-14-15-42-19-24(37)31-21(18-35)9-7-12-34/h12,18,21H,6-11,13-17,19-20H2,1-5H3,(H,28,32)(H,30,36)(H,31,37)(H,33,38). The SMILES string of the molecule is C=NNC(CC(C)(C)CC(C)(C)C(=O)NS(=O)(=O)CCCC(=O)NCCOCCOCC(=O)NC(C=O)CCC=O)=NC. The van der Waals surface area contributed by atoms with Gasteiger partial charge in [-0.1, -0.05) is 27.7 Å². The van der Waals surface area contributed by atoms with Gasteiger partial charge in [0.1, 0.15) is 25.0 Å². The van der Waals surface area contributed by atoms with E-state index in [9.17, 15) is 32.4 Å². The first kappa shape index (κ1) is 39.8. The number of nitrogens with zero attached hydrogens (tertiary/aromatic N) is 2. The summed E-state index contributed by atoms with van der Waals surface area (Å²) >= 11 is 0. The van der Waals surface area contributed by atoms with Crippen molar-refractivity contribution in [3.05, 3.63) is 0 Å². The van der Waals surface area contributed by atoms with Gasteiger partial charge in [-0.2, -0.15) is 5.10 Å². The zero-order chi connectivity index (χ0) is 32.9. The second kappa shape index (κ2) is 20.6. The molecule has 0 aliphatic heterocycles. The van der Waals surface area contributed by atoms with Gasteiger partial charge in [0.05, 0.1) is 31.6 Å². The number of carbonyl (C=O) groups is 5. The summed E-state index contributed by atoms with van der Waals surface area (Å²) in [5.74, 6) is -1.28. The molecule has 0 aromatic heterocycles. The summed E-state index contributed by atoms with van der Waals surface area (Å²) in [5, 5.41) is 8.66. The predicted molar refractivity (Wildman–Crippen MR) is 162 cm³/mol. The summed E-state index contributed by atoms with van der Waals surface area (Å²) < 4.78 is 37.6. The van der Waals surface area contributed by atoms with Crippen LogP contribution in [0.25, 0.3) is 0 Å². The van der Waals surface area contributed by atoms with E-state index < -0.39 is 38.7 Å². The summed E-state index contributed by atoms with van der Waals surface area (Å²) in [4.78, 5) is 61.9. The molecule has 0 aromatic rings. The van der Waals surface area contributed by atoms with Crippen LogP contribution in [0.2, 0.25) is 0 Å². The number of amidine groups is 1. The fourth-order valence-electron chi connectivity index (χ4n) is 4.21. The number of hydrogen-bond acceptors (Lipinski definition) is 11. The summed E-state index contributed by atoms with van der Waals surface area (Å²) in [7, 11) is -2.33. The van der Waals surface area contributed by atoms with E-state index in [4.69, 9.17) is 9.47 Å². The maximum absolute atomic E-state index is 12.8. The third-order valence-corrected chi connectivity index (χ3v) is 7.33. The number of aldehydes is 2. The molecule has 1 unspecified atom stereocenters. The molecule has 0 bridgehead atoms. The van der Waals surface area contributed by atoms with Crippen LogP contribution in [0.3, 0.4) is 0 Å². The maximum Gasteiger partial charge on any atom is 0.246 e. The third kappa shape index (κ3) is 19.5. The molecule has 1 atom stereocenters. The van der Waals surface area contributed by atoms with Gasteiger partial charge < -0.3 is 29.7 Å². The lowest BCUT2D eigenvalue weighted by atomic mass is 9.73. The van der Waals surface area contributed by atoms with Crippen LogP contribution >= 0.6 is 0 Å². The van der Waals surface area contributed by atoms with Gasteiger partial charge in [0, 0.05) is 45.0 Å². The molecule has 0 heterocycles. The minimum Gasteiger partial charge on any atom is -0.377 e. The number of ether oxygens (including phenoxy) is 2. The minimum absolute atomic E-state index is 0.0216. The van der Waals surface area contributed by atoms with E-state index in [-0.39, 0.29) is 70.3 Å². The lowest BCUT2D eigenvalue weighted by Gasteiger charge is -2.34. The molecule has 0 saturated heterocycles. The molecule has 16 heteroatoms. The first-order valence-electron chi connectivity index (χ1n) is 13.9. The van der Waals surface area contributed by atoms with Crippen LogP contribution < -0.4 is 20.8 Å². The lowest BCUT2D eigenvalue weighted by Crippen LogP contribution is -2.44. The van der Waals surface area contributed by atoms with Gasteiger partial charge in [0.15, 0.2) is 0 Å². The highest BCUT2D eigenvalue weighted by molar-refractivity contribution is 7.90. The average molecular weight is 633 g/mol. The Morgan fingerprint density at radius 2 is 1.70 bits per heavy atom. The molecule has 4 N–H and O–H groups in total. The Labute approximate surface area is 254 Å². The Hall–Kier alpha value is -3.24. The van der Waals surface area contributed by atoms with E-state index in [0.717, 1.165) is 0 Å². The zero-order valence-corrected chi connectivity index (χ0v) is 26.7. The van der Waals surface area contributed by atoms with Gasteiger partial charge in [-0.25, -0.2) is 8.42 Å². The number of nitrogens with one attached hydrogen (secondary N) is 4. The van der Waals surface area contributed by atoms with Crippen LogP contribution in [-0.2, 0) is 43.5 Å². The highest BCUT2D eigenvalue weighted by Gasteiger charge is 2.37. The van der Waals surface area contributed by atoms with E-state index in [1.54, 1.807) is 20.9 Å². The number of rotatable bonds is 24. The van der Waals surface area contributed by atoms with Crippen molar-refractivity contribution in [3.8, 4) is 0 Å². The quantitative estimate of drug-likeness (QED) is 0.0370. The number of amides is 3. The van der Waals surface area contributed by atoms with E-state index >= 15 is 0 Å². The summed E-state index contributed by atoms with van der Waals surface area (Å²) in [5.41, 5.74) is 1.31. The van der Waals surface area contributed by atoms with Crippen molar-refractivity contribution in [1.82, 2.24) is 20.8 Å². The molecule has 0 spiro atoms. The van der Waals surface area contributed by atoms with Crippen LogP contribution in [0.1, 0.15) is 66.2 Å². The van der Waals surface area contributed by atoms with Crippen LogP contribution in [0.4, 0.5) is 0 Å². The van der Waals surface area contributed by atoms with Gasteiger partial charge in [-0.15, -0.1) is 0 Å². The number of sulfonamides is 1. The number of hydrogen-bond donors (Lipinski definition) is 4. The van der Waals surface area contributed by atoms with Crippen LogP contribution in [0.15, 0.2) is 10.1 Å². The van der Waals surface area contributed by atoms with Crippen LogP contribution in [0.5, 0.6) is 0 Å². The van der Waals surface area contributed by atoms with E-state index in [1.165, 1.54) is 0 Å². The molecule has 0 aromatic carbocycles. The Bertz CT molecular complexity index is 1060. The molecule has 0 fully saturated rings. The molecule has 0 saturated carbocycles. The molecule has 0 aliphatic rings. The predicted octanol–water partition coefficient (Wildman–Crippen LogP) is 0.0909.